The average Bonchev–Trinajstić information content (AvgIpc) is 2.68. The van der Waals surface area contributed by atoms with Crippen LogP contribution in [0.3, 0.4) is 0 Å². The number of carbonyl (C=O) groups excluding carboxylic acids is 1. The zero-order chi connectivity index (χ0) is 13.3. The lowest BCUT2D eigenvalue weighted by molar-refractivity contribution is -0.131. The van der Waals surface area contributed by atoms with Crippen LogP contribution in [0, 0.1) is 0 Å². The molecule has 6 heteroatoms. The molecule has 0 radical (unpaired) electrons. The fourth-order valence-corrected chi connectivity index (χ4v) is 1.58. The highest BCUT2D eigenvalue weighted by molar-refractivity contribution is 6.03. The van der Waals surface area contributed by atoms with Crippen LogP contribution in [0.15, 0.2) is 28.6 Å². The zero-order valence-electron chi connectivity index (χ0n) is 9.91. The predicted octanol–water partition coefficient (Wildman–Crippen LogP) is -0.430. The number of aromatic nitrogens is 2. The minimum atomic E-state index is -1.16. The van der Waals surface area contributed by atoms with Crippen molar-refractivity contribution >= 4 is 18.0 Å². The lowest BCUT2D eigenvalue weighted by atomic mass is 10.2. The molecule has 0 unspecified atom stereocenters. The first kappa shape index (κ1) is 12.0. The van der Waals surface area contributed by atoms with Gasteiger partial charge in [-0.1, -0.05) is 5.73 Å². The van der Waals surface area contributed by atoms with Gasteiger partial charge in [0.05, 0.1) is 17.8 Å². The molecule has 6 nitrogen and oxygen atoms in total. The SMILES string of the molecule is CC(C)n1ncc2c1=NC(=O)C(=C=CC(=O)O)C=2. The standard InChI is InChI=1S/C12H11N3O3/c1-7(2)15-11-9(6-13-15)5-8(12(18)14-11)3-4-10(16)17/h4-7H,1-2H3,(H,16,17). The van der Waals surface area contributed by atoms with Crippen LogP contribution in [0.4, 0.5) is 0 Å². The van der Waals surface area contributed by atoms with Crippen LogP contribution in [-0.4, -0.2) is 26.8 Å². The second-order valence-electron chi connectivity index (χ2n) is 4.06. The molecule has 2 heterocycles. The molecule has 0 aliphatic carbocycles. The number of amides is 1. The molecule has 0 spiro atoms. The molecule has 1 aromatic heterocycles. The second-order valence-corrected chi connectivity index (χ2v) is 4.06. The Morgan fingerprint density at radius 3 is 2.89 bits per heavy atom. The summed E-state index contributed by atoms with van der Waals surface area (Å²) in [6, 6.07) is 0.0961. The first-order valence-corrected chi connectivity index (χ1v) is 5.37. The van der Waals surface area contributed by atoms with E-state index in [0.29, 0.717) is 10.7 Å². The summed E-state index contributed by atoms with van der Waals surface area (Å²) < 4.78 is 1.64. The third-order valence-electron chi connectivity index (χ3n) is 2.37. The van der Waals surface area contributed by atoms with Crippen molar-refractivity contribution in [1.29, 1.82) is 0 Å². The van der Waals surface area contributed by atoms with Crippen molar-refractivity contribution in [2.45, 2.75) is 19.9 Å². The van der Waals surface area contributed by atoms with Crippen LogP contribution in [0.1, 0.15) is 19.9 Å². The Kier molecular flexibility index (Phi) is 2.95. The van der Waals surface area contributed by atoms with Crippen molar-refractivity contribution in [2.24, 2.45) is 4.99 Å². The number of carboxylic acids is 1. The number of carbonyl (C=O) groups is 2. The van der Waals surface area contributed by atoms with Gasteiger partial charge in [-0.15, -0.1) is 0 Å². The van der Waals surface area contributed by atoms with E-state index < -0.39 is 11.9 Å². The van der Waals surface area contributed by atoms with Gasteiger partial charge in [0.15, 0.2) is 5.49 Å². The minimum Gasteiger partial charge on any atom is -0.478 e. The Morgan fingerprint density at radius 1 is 1.56 bits per heavy atom. The molecule has 0 bridgehead atoms. The van der Waals surface area contributed by atoms with E-state index in [9.17, 15) is 9.59 Å². The highest BCUT2D eigenvalue weighted by Gasteiger charge is 2.14. The number of fused-ring (bicyclic) bond motifs is 1. The minimum absolute atomic E-state index is 0.0961. The number of rotatable bonds is 2. The highest BCUT2D eigenvalue weighted by atomic mass is 16.4. The summed E-state index contributed by atoms with van der Waals surface area (Å²) in [5, 5.41) is 13.3. The molecular weight excluding hydrogens is 234 g/mol. The van der Waals surface area contributed by atoms with E-state index in [0.717, 1.165) is 6.08 Å². The molecule has 0 fully saturated rings. The first-order valence-electron chi connectivity index (χ1n) is 5.37. The Balaban J connectivity index is 2.64. The normalized spacial score (nSPS) is 13.5. The second kappa shape index (κ2) is 4.43. The monoisotopic (exact) mass is 245 g/mol. The summed E-state index contributed by atoms with van der Waals surface area (Å²) in [4.78, 5) is 26.0. The van der Waals surface area contributed by atoms with Gasteiger partial charge in [-0.05, 0) is 19.9 Å². The maximum Gasteiger partial charge on any atom is 0.336 e. The van der Waals surface area contributed by atoms with Crippen molar-refractivity contribution in [1.82, 2.24) is 9.78 Å². The fourth-order valence-electron chi connectivity index (χ4n) is 1.58. The highest BCUT2D eigenvalue weighted by Crippen LogP contribution is 2.01. The summed E-state index contributed by atoms with van der Waals surface area (Å²) in [5.74, 6) is -1.67. The van der Waals surface area contributed by atoms with E-state index in [4.69, 9.17) is 5.11 Å². The maximum atomic E-state index is 11.7. The third kappa shape index (κ3) is 2.14. The molecule has 1 amide bonds. The molecule has 1 N–H and O–H groups in total. The summed E-state index contributed by atoms with van der Waals surface area (Å²) in [6.45, 7) is 3.87. The molecule has 18 heavy (non-hydrogen) atoms. The number of hydrogen-bond donors (Lipinski definition) is 1. The smallest absolute Gasteiger partial charge is 0.336 e. The molecule has 0 saturated carbocycles. The van der Waals surface area contributed by atoms with Crippen molar-refractivity contribution < 1.29 is 14.7 Å². The summed E-state index contributed by atoms with van der Waals surface area (Å²) in [5.41, 5.74) is 3.02. The summed E-state index contributed by atoms with van der Waals surface area (Å²) >= 11 is 0. The van der Waals surface area contributed by atoms with Gasteiger partial charge in [0.2, 0.25) is 0 Å². The van der Waals surface area contributed by atoms with E-state index in [-0.39, 0.29) is 11.6 Å². The Bertz CT molecular complexity index is 703. The maximum absolute atomic E-state index is 11.7. The molecule has 0 aromatic carbocycles. The molecule has 2 rings (SSSR count). The van der Waals surface area contributed by atoms with Crippen molar-refractivity contribution in [3.05, 3.63) is 34.3 Å². The molecule has 92 valence electrons. The van der Waals surface area contributed by atoms with Crippen LogP contribution in [0.25, 0.3) is 6.08 Å². The Labute approximate surface area is 102 Å². The van der Waals surface area contributed by atoms with Gasteiger partial charge >= 0.3 is 5.97 Å². The third-order valence-corrected chi connectivity index (χ3v) is 2.37. The van der Waals surface area contributed by atoms with E-state index in [1.54, 1.807) is 10.9 Å². The Morgan fingerprint density at radius 2 is 2.28 bits per heavy atom. The average molecular weight is 245 g/mol. The van der Waals surface area contributed by atoms with Gasteiger partial charge < -0.3 is 5.11 Å². The zero-order valence-corrected chi connectivity index (χ0v) is 9.91. The molecule has 1 aliphatic rings. The van der Waals surface area contributed by atoms with Gasteiger partial charge in [-0.2, -0.15) is 10.1 Å². The predicted molar refractivity (Wildman–Crippen MR) is 62.1 cm³/mol. The van der Waals surface area contributed by atoms with Crippen LogP contribution >= 0.6 is 0 Å². The number of aliphatic carboxylic acids is 1. The van der Waals surface area contributed by atoms with Crippen LogP contribution in [0.2, 0.25) is 0 Å². The molecular formula is C12H11N3O3. The van der Waals surface area contributed by atoms with Crippen LogP contribution in [-0.2, 0) is 9.59 Å². The molecule has 1 aromatic rings. The van der Waals surface area contributed by atoms with Crippen molar-refractivity contribution in [3.8, 4) is 0 Å². The van der Waals surface area contributed by atoms with Crippen molar-refractivity contribution in [2.75, 3.05) is 0 Å². The molecule has 1 aliphatic heterocycles. The van der Waals surface area contributed by atoms with E-state index in [1.165, 1.54) is 6.08 Å². The quantitative estimate of drug-likeness (QED) is 0.566. The fraction of sp³-hybridized carbons (Fsp3) is 0.250. The Hall–Kier alpha value is -2.46. The topological polar surface area (TPSA) is 84.5 Å². The number of hydrogen-bond acceptors (Lipinski definition) is 3. The first-order chi connectivity index (χ1) is 8.49. The van der Waals surface area contributed by atoms with E-state index in [1.807, 2.05) is 13.8 Å². The van der Waals surface area contributed by atoms with Gasteiger partial charge in [-0.3, -0.25) is 4.79 Å². The summed E-state index contributed by atoms with van der Waals surface area (Å²) in [7, 11) is 0. The lowest BCUT2D eigenvalue weighted by Crippen LogP contribution is -2.35. The van der Waals surface area contributed by atoms with Gasteiger partial charge in [0, 0.05) is 11.3 Å². The van der Waals surface area contributed by atoms with Crippen LogP contribution in [0.5, 0.6) is 0 Å². The van der Waals surface area contributed by atoms with Gasteiger partial charge in [-0.25, -0.2) is 9.48 Å². The molecule has 0 atom stereocenters. The van der Waals surface area contributed by atoms with Crippen molar-refractivity contribution in [3.63, 3.8) is 0 Å². The number of nitrogens with zero attached hydrogens (tertiary/aromatic N) is 3. The van der Waals surface area contributed by atoms with Crippen LogP contribution < -0.4 is 10.7 Å². The van der Waals surface area contributed by atoms with Gasteiger partial charge in [0.25, 0.3) is 5.91 Å². The van der Waals surface area contributed by atoms with E-state index >= 15 is 0 Å². The lowest BCUT2D eigenvalue weighted by Gasteiger charge is -2.05. The largest absolute Gasteiger partial charge is 0.478 e. The summed E-state index contributed by atoms with van der Waals surface area (Å²) in [6.07, 6.45) is 3.92. The molecule has 0 saturated heterocycles. The van der Waals surface area contributed by atoms with Gasteiger partial charge in [0.1, 0.15) is 0 Å². The van der Waals surface area contributed by atoms with E-state index in [2.05, 4.69) is 15.8 Å². The number of carboxylic acid groups (broad SMARTS) is 1.